The quantitative estimate of drug-likeness (QED) is 0.641. The molecule has 0 aliphatic carbocycles. The number of nitrogens with one attached hydrogen (secondary N) is 1. The molecule has 5 nitrogen and oxygen atoms in total. The smallest absolute Gasteiger partial charge is 0.318 e. The number of hydrogen-bond donors (Lipinski definition) is 1. The van der Waals surface area contributed by atoms with Gasteiger partial charge in [-0.05, 0) is 6.42 Å². The highest BCUT2D eigenvalue weighted by molar-refractivity contribution is 7.91. The van der Waals surface area contributed by atoms with E-state index in [0.717, 1.165) is 6.42 Å². The molecule has 0 bridgehead atoms. The Kier molecular flexibility index (Phi) is 2.17. The highest BCUT2D eigenvalue weighted by Crippen LogP contribution is 2.23. The van der Waals surface area contributed by atoms with Gasteiger partial charge in [0.1, 0.15) is 0 Å². The second kappa shape index (κ2) is 3.12. The minimum Gasteiger partial charge on any atom is -0.332 e. The van der Waals surface area contributed by atoms with E-state index in [1.54, 1.807) is 4.90 Å². The van der Waals surface area contributed by atoms with E-state index in [4.69, 9.17) is 0 Å². The fraction of sp³-hybridized carbons (Fsp3) is 0.875. The van der Waals surface area contributed by atoms with Crippen LogP contribution in [0.4, 0.5) is 4.79 Å². The van der Waals surface area contributed by atoms with Gasteiger partial charge in [-0.1, -0.05) is 6.92 Å². The number of sulfone groups is 1. The molecule has 0 radical (unpaired) electrons. The molecule has 0 aromatic heterocycles. The maximum Gasteiger partial charge on any atom is 0.318 e. The number of rotatable bonds is 2. The lowest BCUT2D eigenvalue weighted by molar-refractivity contribution is 0.207. The zero-order valence-corrected chi connectivity index (χ0v) is 8.88. The summed E-state index contributed by atoms with van der Waals surface area (Å²) in [4.78, 5) is 13.1. The molecule has 2 amide bonds. The minimum atomic E-state index is -2.94. The Morgan fingerprint density at radius 2 is 2.21 bits per heavy atom. The summed E-state index contributed by atoms with van der Waals surface area (Å²) in [6, 6.07) is -0.428. The predicted octanol–water partition coefficient (Wildman–Crippen LogP) is -0.413. The van der Waals surface area contributed by atoms with E-state index in [9.17, 15) is 13.2 Å². The van der Waals surface area contributed by atoms with Crippen molar-refractivity contribution in [1.82, 2.24) is 10.2 Å². The highest BCUT2D eigenvalue weighted by Gasteiger charge is 2.48. The van der Waals surface area contributed by atoms with Crippen LogP contribution < -0.4 is 5.32 Å². The molecule has 2 aliphatic rings. The van der Waals surface area contributed by atoms with Crippen molar-refractivity contribution in [3.8, 4) is 0 Å². The van der Waals surface area contributed by atoms with Gasteiger partial charge in [-0.15, -0.1) is 0 Å². The molecule has 0 unspecified atom stereocenters. The number of carbonyl (C=O) groups is 1. The van der Waals surface area contributed by atoms with Crippen LogP contribution in [-0.2, 0) is 9.84 Å². The lowest BCUT2D eigenvalue weighted by Gasteiger charge is -2.19. The molecule has 2 atom stereocenters. The van der Waals surface area contributed by atoms with Crippen LogP contribution in [0.15, 0.2) is 0 Å². The van der Waals surface area contributed by atoms with Gasteiger partial charge in [0.2, 0.25) is 0 Å². The first kappa shape index (κ1) is 9.76. The Bertz CT molecular complexity index is 352. The third-order valence-corrected chi connectivity index (χ3v) is 4.47. The van der Waals surface area contributed by atoms with Crippen molar-refractivity contribution in [2.45, 2.75) is 25.4 Å². The van der Waals surface area contributed by atoms with Gasteiger partial charge < -0.3 is 10.2 Å². The average molecular weight is 218 g/mol. The van der Waals surface area contributed by atoms with Crippen LogP contribution in [0.3, 0.4) is 0 Å². The van der Waals surface area contributed by atoms with Crippen LogP contribution in [-0.4, -0.2) is 49.5 Å². The summed E-state index contributed by atoms with van der Waals surface area (Å²) in [5.41, 5.74) is 0. The SMILES string of the molecule is CCCN1C(=O)N[C@@H]2CS(=O)(=O)C[C@H]21. The zero-order valence-electron chi connectivity index (χ0n) is 8.06. The summed E-state index contributed by atoms with van der Waals surface area (Å²) < 4.78 is 22.6. The fourth-order valence-electron chi connectivity index (χ4n) is 2.17. The largest absolute Gasteiger partial charge is 0.332 e. The van der Waals surface area contributed by atoms with E-state index >= 15 is 0 Å². The van der Waals surface area contributed by atoms with Crippen molar-refractivity contribution < 1.29 is 13.2 Å². The van der Waals surface area contributed by atoms with E-state index in [2.05, 4.69) is 5.32 Å². The van der Waals surface area contributed by atoms with Crippen molar-refractivity contribution in [2.75, 3.05) is 18.1 Å². The van der Waals surface area contributed by atoms with Gasteiger partial charge in [0.05, 0.1) is 23.6 Å². The van der Waals surface area contributed by atoms with Gasteiger partial charge in [-0.2, -0.15) is 0 Å². The molecule has 0 spiro atoms. The summed E-state index contributed by atoms with van der Waals surface area (Å²) in [5.74, 6) is 0.222. The minimum absolute atomic E-state index is 0.101. The van der Waals surface area contributed by atoms with Gasteiger partial charge >= 0.3 is 6.03 Å². The summed E-state index contributed by atoms with van der Waals surface area (Å²) in [6.45, 7) is 2.62. The first-order valence-electron chi connectivity index (χ1n) is 4.81. The molecule has 80 valence electrons. The second-order valence-corrected chi connectivity index (χ2v) is 6.05. The topological polar surface area (TPSA) is 66.5 Å². The first-order chi connectivity index (χ1) is 6.53. The molecule has 0 saturated carbocycles. The third kappa shape index (κ3) is 1.47. The number of urea groups is 1. The van der Waals surface area contributed by atoms with E-state index in [1.165, 1.54) is 0 Å². The summed E-state index contributed by atoms with van der Waals surface area (Å²) >= 11 is 0. The van der Waals surface area contributed by atoms with Crippen LogP contribution in [0, 0.1) is 0 Å². The van der Waals surface area contributed by atoms with E-state index in [1.807, 2.05) is 6.92 Å². The molecule has 14 heavy (non-hydrogen) atoms. The number of hydrogen-bond acceptors (Lipinski definition) is 3. The second-order valence-electron chi connectivity index (χ2n) is 3.89. The fourth-order valence-corrected chi connectivity index (χ4v) is 4.10. The van der Waals surface area contributed by atoms with Gasteiger partial charge in [0.15, 0.2) is 9.84 Å². The molecule has 2 rings (SSSR count). The van der Waals surface area contributed by atoms with Gasteiger partial charge in [-0.3, -0.25) is 0 Å². The number of amides is 2. The van der Waals surface area contributed by atoms with Crippen molar-refractivity contribution in [1.29, 1.82) is 0 Å². The van der Waals surface area contributed by atoms with Gasteiger partial charge in [0, 0.05) is 6.54 Å². The normalized spacial score (nSPS) is 34.4. The molecule has 0 aromatic carbocycles. The average Bonchev–Trinajstić information content (AvgIpc) is 2.47. The van der Waals surface area contributed by atoms with Crippen molar-refractivity contribution >= 4 is 15.9 Å². The molecule has 6 heteroatoms. The molecule has 2 heterocycles. The lowest BCUT2D eigenvalue weighted by atomic mass is 10.2. The van der Waals surface area contributed by atoms with E-state index < -0.39 is 9.84 Å². The molecule has 2 aliphatic heterocycles. The van der Waals surface area contributed by atoms with Crippen molar-refractivity contribution in [2.24, 2.45) is 0 Å². The van der Waals surface area contributed by atoms with Gasteiger partial charge in [0.25, 0.3) is 0 Å². The van der Waals surface area contributed by atoms with Crippen LogP contribution in [0.2, 0.25) is 0 Å². The van der Waals surface area contributed by atoms with Crippen molar-refractivity contribution in [3.63, 3.8) is 0 Å². The molecule has 1 N–H and O–H groups in total. The summed E-state index contributed by atoms with van der Waals surface area (Å²) in [5, 5.41) is 2.71. The number of fused-ring (bicyclic) bond motifs is 1. The Hall–Kier alpha value is -0.780. The van der Waals surface area contributed by atoms with Crippen LogP contribution in [0.5, 0.6) is 0 Å². The summed E-state index contributed by atoms with van der Waals surface area (Å²) in [7, 11) is -2.94. The molecular weight excluding hydrogens is 204 g/mol. The Morgan fingerprint density at radius 1 is 1.50 bits per heavy atom. The van der Waals surface area contributed by atoms with Crippen LogP contribution in [0.25, 0.3) is 0 Å². The lowest BCUT2D eigenvalue weighted by Crippen LogP contribution is -2.37. The third-order valence-electron chi connectivity index (χ3n) is 2.76. The Labute approximate surface area is 83.4 Å². The maximum atomic E-state index is 11.4. The summed E-state index contributed by atoms with van der Waals surface area (Å²) in [6.07, 6.45) is 0.858. The maximum absolute atomic E-state index is 11.4. The highest BCUT2D eigenvalue weighted by atomic mass is 32.2. The van der Waals surface area contributed by atoms with E-state index in [0.29, 0.717) is 6.54 Å². The van der Waals surface area contributed by atoms with Gasteiger partial charge in [-0.25, -0.2) is 13.2 Å². The molecular formula is C8H14N2O3S. The predicted molar refractivity (Wildman–Crippen MR) is 51.8 cm³/mol. The molecule has 2 saturated heterocycles. The van der Waals surface area contributed by atoms with Crippen LogP contribution in [0.1, 0.15) is 13.3 Å². The van der Waals surface area contributed by atoms with Crippen LogP contribution >= 0.6 is 0 Å². The van der Waals surface area contributed by atoms with Crippen molar-refractivity contribution in [3.05, 3.63) is 0 Å². The molecule has 2 fully saturated rings. The Balaban J connectivity index is 2.17. The standard InChI is InChI=1S/C8H14N2O3S/c1-2-3-10-7-5-14(12,13)4-6(7)9-8(10)11/h6-7H,2-5H2,1H3,(H,9,11)/t6-,7-/m1/s1. The van der Waals surface area contributed by atoms with E-state index in [-0.39, 0.29) is 29.6 Å². The zero-order chi connectivity index (χ0) is 10.3. The monoisotopic (exact) mass is 218 g/mol. The number of carbonyl (C=O) groups excluding carboxylic acids is 1. The first-order valence-corrected chi connectivity index (χ1v) is 6.63. The number of nitrogens with zero attached hydrogens (tertiary/aromatic N) is 1. The Morgan fingerprint density at radius 3 is 2.86 bits per heavy atom. The molecule has 0 aromatic rings.